The number of hydrogen-bond donors (Lipinski definition) is 0. The highest BCUT2D eigenvalue weighted by molar-refractivity contribution is 5.93. The molecule has 0 amide bonds. The lowest BCUT2D eigenvalue weighted by molar-refractivity contribution is 0.0728. The second kappa shape index (κ2) is 8.72. The first kappa shape index (κ1) is 17.5. The quantitative estimate of drug-likeness (QED) is 0.318. The molecule has 0 atom stereocenters. The highest BCUT2D eigenvalue weighted by Gasteiger charge is 2.16. The minimum atomic E-state index is -0.580. The van der Waals surface area contributed by atoms with Crippen LogP contribution in [-0.2, 0) is 0 Å². The Morgan fingerprint density at radius 2 is 1.96 bits per heavy atom. The Labute approximate surface area is 141 Å². The molecule has 2 aromatic rings. The maximum atomic E-state index is 12.4. The van der Waals surface area contributed by atoms with Crippen molar-refractivity contribution in [2.24, 2.45) is 0 Å². The highest BCUT2D eigenvalue weighted by atomic mass is 16.6. The molecule has 2 rings (SSSR count). The summed E-state index contributed by atoms with van der Waals surface area (Å²) in [5.41, 5.74) is 0.588. The van der Waals surface area contributed by atoms with E-state index in [1.54, 1.807) is 42.5 Å². The minimum Gasteiger partial charge on any atom is -0.494 e. The average Bonchev–Trinajstić information content (AvgIpc) is 2.62. The van der Waals surface area contributed by atoms with Crippen molar-refractivity contribution in [1.29, 1.82) is 0 Å². The molecule has 0 saturated heterocycles. The van der Waals surface area contributed by atoms with Crippen LogP contribution >= 0.6 is 0 Å². The number of methoxy groups -OCH3 is 1. The van der Waals surface area contributed by atoms with Crippen molar-refractivity contribution in [2.75, 3.05) is 13.7 Å². The molecule has 0 aliphatic rings. The predicted octanol–water partition coefficient (Wildman–Crippen LogP) is 3.91. The molecule has 0 fully saturated rings. The smallest absolute Gasteiger partial charge is 0.343 e. The van der Waals surface area contributed by atoms with Gasteiger partial charge in [0.25, 0.3) is 0 Å². The molecule has 0 aromatic heterocycles. The Bertz CT molecular complexity index is 709. The summed E-state index contributed by atoms with van der Waals surface area (Å²) in [6.07, 6.45) is 2.60. The fourth-order valence-electron chi connectivity index (χ4n) is 2.09. The number of rotatable bonds is 8. The van der Waals surface area contributed by atoms with Gasteiger partial charge in [0, 0.05) is 0 Å². The molecule has 0 heterocycles. The molecule has 0 spiro atoms. The van der Waals surface area contributed by atoms with Crippen molar-refractivity contribution in [2.45, 2.75) is 19.8 Å². The zero-order chi connectivity index (χ0) is 17.4. The zero-order valence-corrected chi connectivity index (χ0v) is 13.8. The lowest BCUT2D eigenvalue weighted by Crippen LogP contribution is -2.11. The normalized spacial score (nSPS) is 10.1. The van der Waals surface area contributed by atoms with Gasteiger partial charge in [-0.1, -0.05) is 25.5 Å². The number of benzene rings is 2. The average molecular weight is 328 g/mol. The number of esters is 1. The van der Waals surface area contributed by atoms with Crippen LogP contribution in [0.1, 0.15) is 40.5 Å². The third kappa shape index (κ3) is 4.35. The van der Waals surface area contributed by atoms with Gasteiger partial charge in [-0.2, -0.15) is 0 Å². The van der Waals surface area contributed by atoms with Gasteiger partial charge in [0.15, 0.2) is 17.8 Å². The van der Waals surface area contributed by atoms with Crippen molar-refractivity contribution in [1.82, 2.24) is 0 Å². The van der Waals surface area contributed by atoms with Gasteiger partial charge >= 0.3 is 5.97 Å². The summed E-state index contributed by atoms with van der Waals surface area (Å²) in [6, 6.07) is 11.6. The van der Waals surface area contributed by atoms with Crippen LogP contribution < -0.4 is 14.2 Å². The number of aldehydes is 1. The van der Waals surface area contributed by atoms with E-state index >= 15 is 0 Å². The summed E-state index contributed by atoms with van der Waals surface area (Å²) in [7, 11) is 1.45. The molecule has 0 N–H and O–H groups in total. The van der Waals surface area contributed by atoms with Crippen LogP contribution in [0.2, 0.25) is 0 Å². The molecule has 0 aliphatic carbocycles. The molecule has 126 valence electrons. The van der Waals surface area contributed by atoms with Crippen LogP contribution in [0.3, 0.4) is 0 Å². The van der Waals surface area contributed by atoms with E-state index in [4.69, 9.17) is 14.2 Å². The molecular formula is C19H20O5. The van der Waals surface area contributed by atoms with Crippen molar-refractivity contribution in [3.63, 3.8) is 0 Å². The number of carbonyl (C=O) groups is 2. The lowest BCUT2D eigenvalue weighted by atomic mass is 10.2. The topological polar surface area (TPSA) is 61.8 Å². The largest absolute Gasteiger partial charge is 0.494 e. The fraction of sp³-hybridized carbons (Fsp3) is 0.263. The second-order valence-electron chi connectivity index (χ2n) is 5.12. The molecule has 24 heavy (non-hydrogen) atoms. The van der Waals surface area contributed by atoms with Crippen LogP contribution in [0.25, 0.3) is 0 Å². The Kier molecular flexibility index (Phi) is 6.37. The predicted molar refractivity (Wildman–Crippen MR) is 90.2 cm³/mol. The van der Waals surface area contributed by atoms with Gasteiger partial charge < -0.3 is 14.2 Å². The third-order valence-electron chi connectivity index (χ3n) is 3.39. The first-order chi connectivity index (χ1) is 11.7. The molecular weight excluding hydrogens is 308 g/mol. The van der Waals surface area contributed by atoms with Gasteiger partial charge in [0.05, 0.1) is 24.8 Å². The number of ether oxygens (including phenoxy) is 3. The molecule has 2 aromatic carbocycles. The molecule has 0 bridgehead atoms. The van der Waals surface area contributed by atoms with Crippen molar-refractivity contribution in [3.05, 3.63) is 53.6 Å². The van der Waals surface area contributed by atoms with Gasteiger partial charge in [-0.05, 0) is 36.8 Å². The zero-order valence-electron chi connectivity index (χ0n) is 13.8. The van der Waals surface area contributed by atoms with Gasteiger partial charge in [-0.3, -0.25) is 4.79 Å². The van der Waals surface area contributed by atoms with Crippen LogP contribution in [0.5, 0.6) is 17.2 Å². The maximum absolute atomic E-state index is 12.4. The highest BCUT2D eigenvalue weighted by Crippen LogP contribution is 2.31. The fourth-order valence-corrected chi connectivity index (χ4v) is 2.09. The summed E-state index contributed by atoms with van der Waals surface area (Å²) in [5, 5.41) is 0. The molecule has 0 unspecified atom stereocenters. The summed E-state index contributed by atoms with van der Waals surface area (Å²) in [4.78, 5) is 23.5. The van der Waals surface area contributed by atoms with Gasteiger partial charge in [-0.25, -0.2) is 4.79 Å². The number of para-hydroxylation sites is 1. The van der Waals surface area contributed by atoms with Gasteiger partial charge in [0.2, 0.25) is 0 Å². The van der Waals surface area contributed by atoms with E-state index in [-0.39, 0.29) is 11.3 Å². The molecule has 0 radical (unpaired) electrons. The summed E-state index contributed by atoms with van der Waals surface area (Å²) in [5.74, 6) is 0.456. The van der Waals surface area contributed by atoms with E-state index in [1.807, 2.05) is 0 Å². The Morgan fingerprint density at radius 1 is 1.17 bits per heavy atom. The first-order valence-electron chi connectivity index (χ1n) is 7.76. The Balaban J connectivity index is 2.18. The van der Waals surface area contributed by atoms with E-state index in [9.17, 15) is 9.59 Å². The molecule has 0 saturated carbocycles. The van der Waals surface area contributed by atoms with Crippen molar-refractivity contribution < 1.29 is 23.8 Å². The first-order valence-corrected chi connectivity index (χ1v) is 7.76. The minimum absolute atomic E-state index is 0.109. The van der Waals surface area contributed by atoms with Crippen molar-refractivity contribution in [3.8, 4) is 17.2 Å². The van der Waals surface area contributed by atoms with Crippen LogP contribution in [0.15, 0.2) is 42.5 Å². The SMILES string of the molecule is CCCCOc1cccc(C(=O)Oc2c(C=O)cccc2OC)c1. The monoisotopic (exact) mass is 328 g/mol. The number of unbranched alkanes of at least 4 members (excludes halogenated alkanes) is 1. The standard InChI is InChI=1S/C19H20O5/c1-3-4-11-23-16-9-5-7-14(12-16)19(21)24-18-15(13-20)8-6-10-17(18)22-2/h5-10,12-13H,3-4,11H2,1-2H3. The lowest BCUT2D eigenvalue weighted by Gasteiger charge is -2.11. The van der Waals surface area contributed by atoms with Gasteiger partial charge in [-0.15, -0.1) is 0 Å². The molecule has 0 aliphatic heterocycles. The Morgan fingerprint density at radius 3 is 2.67 bits per heavy atom. The van der Waals surface area contributed by atoms with E-state index < -0.39 is 5.97 Å². The van der Waals surface area contributed by atoms with Crippen molar-refractivity contribution >= 4 is 12.3 Å². The van der Waals surface area contributed by atoms with E-state index in [0.29, 0.717) is 30.0 Å². The van der Waals surface area contributed by atoms with Crippen LogP contribution in [0.4, 0.5) is 0 Å². The van der Waals surface area contributed by atoms with Gasteiger partial charge in [0.1, 0.15) is 5.75 Å². The summed E-state index contributed by atoms with van der Waals surface area (Å²) in [6.45, 7) is 2.67. The number of hydrogen-bond acceptors (Lipinski definition) is 5. The molecule has 5 nitrogen and oxygen atoms in total. The van der Waals surface area contributed by atoms with Crippen LogP contribution in [-0.4, -0.2) is 26.0 Å². The molecule has 5 heteroatoms. The van der Waals surface area contributed by atoms with Crippen LogP contribution in [0, 0.1) is 0 Å². The summed E-state index contributed by atoms with van der Waals surface area (Å²) < 4.78 is 16.1. The second-order valence-corrected chi connectivity index (χ2v) is 5.12. The van der Waals surface area contributed by atoms with E-state index in [2.05, 4.69) is 6.92 Å². The van der Waals surface area contributed by atoms with E-state index in [0.717, 1.165) is 12.8 Å². The Hall–Kier alpha value is -2.82. The maximum Gasteiger partial charge on any atom is 0.343 e. The van der Waals surface area contributed by atoms with E-state index in [1.165, 1.54) is 7.11 Å². The summed E-state index contributed by atoms with van der Waals surface area (Å²) >= 11 is 0. The third-order valence-corrected chi connectivity index (χ3v) is 3.39. The number of carbonyl (C=O) groups excluding carboxylic acids is 2.